The molecule has 4 rings (SSSR count). The van der Waals surface area contributed by atoms with Gasteiger partial charge in [0.2, 0.25) is 5.91 Å². The number of carbonyl (C=O) groups is 1. The van der Waals surface area contributed by atoms with Gasteiger partial charge in [-0.2, -0.15) is 0 Å². The van der Waals surface area contributed by atoms with E-state index in [1.807, 2.05) is 12.4 Å². The second kappa shape index (κ2) is 6.22. The van der Waals surface area contributed by atoms with E-state index in [4.69, 9.17) is 0 Å². The summed E-state index contributed by atoms with van der Waals surface area (Å²) in [5.74, 6) is 0.168. The lowest BCUT2D eigenvalue weighted by Gasteiger charge is -2.22. The van der Waals surface area contributed by atoms with Crippen LogP contribution in [0.15, 0.2) is 29.8 Å². The molecule has 0 radical (unpaired) electrons. The molecule has 132 valence electrons. The van der Waals surface area contributed by atoms with Crippen LogP contribution in [0, 0.1) is 12.3 Å². The van der Waals surface area contributed by atoms with E-state index in [0.717, 1.165) is 24.2 Å². The highest BCUT2D eigenvalue weighted by Gasteiger charge is 2.52. The number of rotatable bonds is 4. The van der Waals surface area contributed by atoms with E-state index in [-0.39, 0.29) is 18.0 Å². The summed E-state index contributed by atoms with van der Waals surface area (Å²) in [6.45, 7) is 5.17. The van der Waals surface area contributed by atoms with Gasteiger partial charge >= 0.3 is 0 Å². The third kappa shape index (κ3) is 3.23. The minimum Gasteiger partial charge on any atom is -0.348 e. The lowest BCUT2D eigenvalue weighted by molar-refractivity contribution is -0.125. The Bertz CT molecular complexity index is 778. The zero-order valence-corrected chi connectivity index (χ0v) is 15.9. The quantitative estimate of drug-likeness (QED) is 0.908. The van der Waals surface area contributed by atoms with Crippen molar-refractivity contribution in [2.75, 3.05) is 13.6 Å². The normalized spacial score (nSPS) is 22.9. The molecule has 2 aromatic rings. The first kappa shape index (κ1) is 16.7. The number of nitrogens with zero attached hydrogens (tertiary/aromatic N) is 2. The zero-order chi connectivity index (χ0) is 17.6. The van der Waals surface area contributed by atoms with Gasteiger partial charge in [0.05, 0.1) is 28.2 Å². The number of likely N-dealkylation sites (N-methyl/N-ethyl adjacent to an activating group) is 1. The molecule has 1 spiro atoms. The molecule has 2 aliphatic rings. The Morgan fingerprint density at radius 1 is 1.36 bits per heavy atom. The van der Waals surface area contributed by atoms with Gasteiger partial charge < -0.3 is 5.32 Å². The Labute approximate surface area is 153 Å². The first-order valence-electron chi connectivity index (χ1n) is 8.98. The maximum atomic E-state index is 12.7. The number of nitrogens with one attached hydrogen (secondary N) is 1. The van der Waals surface area contributed by atoms with Crippen LogP contribution in [0.2, 0.25) is 0 Å². The molecule has 25 heavy (non-hydrogen) atoms. The summed E-state index contributed by atoms with van der Waals surface area (Å²) in [6.07, 6.45) is 3.59. The van der Waals surface area contributed by atoms with E-state index < -0.39 is 0 Å². The van der Waals surface area contributed by atoms with Crippen LogP contribution in [0.4, 0.5) is 0 Å². The van der Waals surface area contributed by atoms with Gasteiger partial charge in [0.15, 0.2) is 0 Å². The lowest BCUT2D eigenvalue weighted by atomic mass is 10.0. The fraction of sp³-hybridized carbons (Fsp3) is 0.500. The largest absolute Gasteiger partial charge is 0.348 e. The van der Waals surface area contributed by atoms with Crippen LogP contribution in [0.1, 0.15) is 43.5 Å². The molecular formula is C20H25N3OS. The van der Waals surface area contributed by atoms with Crippen LogP contribution < -0.4 is 5.32 Å². The molecule has 0 bridgehead atoms. The van der Waals surface area contributed by atoms with Crippen molar-refractivity contribution in [1.29, 1.82) is 0 Å². The van der Waals surface area contributed by atoms with E-state index in [1.54, 1.807) is 11.3 Å². The summed E-state index contributed by atoms with van der Waals surface area (Å²) in [7, 11) is 2.08. The highest BCUT2D eigenvalue weighted by molar-refractivity contribution is 7.13. The molecule has 2 atom stereocenters. The first-order chi connectivity index (χ1) is 12.0. The van der Waals surface area contributed by atoms with E-state index >= 15 is 0 Å². The number of aryl methyl sites for hydroxylation is 1. The Kier molecular flexibility index (Phi) is 4.16. The number of hydrogen-bond donors (Lipinski definition) is 1. The molecule has 1 aliphatic carbocycles. The number of carbonyl (C=O) groups excluding carboxylic acids is 1. The molecule has 1 aliphatic heterocycles. The van der Waals surface area contributed by atoms with Gasteiger partial charge in [-0.15, -0.1) is 11.3 Å². The van der Waals surface area contributed by atoms with Gasteiger partial charge in [0.25, 0.3) is 0 Å². The predicted molar refractivity (Wildman–Crippen MR) is 102 cm³/mol. The van der Waals surface area contributed by atoms with Crippen molar-refractivity contribution in [3.05, 3.63) is 41.0 Å². The summed E-state index contributed by atoms with van der Waals surface area (Å²) in [4.78, 5) is 20.4. The number of amides is 1. The van der Waals surface area contributed by atoms with Gasteiger partial charge in [0, 0.05) is 6.54 Å². The molecule has 1 aromatic heterocycles. The van der Waals surface area contributed by atoms with Crippen molar-refractivity contribution in [2.45, 2.75) is 45.2 Å². The fourth-order valence-corrected chi connectivity index (χ4v) is 4.81. The second-order valence-corrected chi connectivity index (χ2v) is 8.61. The maximum Gasteiger partial charge on any atom is 0.237 e. The standard InChI is InChI=1S/C20H25N3OS/c1-13(22-19(24)17-10-20(8-9-20)11-23(17)3)15-4-6-16(7-5-15)18-14(2)21-12-25-18/h4-7,12-13,17H,8-11H2,1-3H3,(H,22,24)/t13-,17-/m0/s1. The average Bonchev–Trinajstić information content (AvgIpc) is 3.06. The van der Waals surface area contributed by atoms with Gasteiger partial charge in [-0.05, 0) is 56.7 Å². The summed E-state index contributed by atoms with van der Waals surface area (Å²) in [6, 6.07) is 8.52. The summed E-state index contributed by atoms with van der Waals surface area (Å²) in [5, 5.41) is 3.21. The third-order valence-electron chi connectivity index (χ3n) is 5.78. The van der Waals surface area contributed by atoms with Crippen molar-refractivity contribution in [1.82, 2.24) is 15.2 Å². The van der Waals surface area contributed by atoms with Gasteiger partial charge in [-0.25, -0.2) is 4.98 Å². The Morgan fingerprint density at radius 3 is 2.64 bits per heavy atom. The molecular weight excluding hydrogens is 330 g/mol. The topological polar surface area (TPSA) is 45.2 Å². The van der Waals surface area contributed by atoms with Crippen LogP contribution in [0.5, 0.6) is 0 Å². The second-order valence-electron chi connectivity index (χ2n) is 7.75. The van der Waals surface area contributed by atoms with Crippen molar-refractivity contribution in [2.24, 2.45) is 5.41 Å². The van der Waals surface area contributed by atoms with Crippen molar-refractivity contribution in [3.63, 3.8) is 0 Å². The summed E-state index contributed by atoms with van der Waals surface area (Å²) >= 11 is 1.66. The van der Waals surface area contributed by atoms with Crippen LogP contribution >= 0.6 is 11.3 Å². The summed E-state index contributed by atoms with van der Waals surface area (Å²) in [5.41, 5.74) is 5.73. The van der Waals surface area contributed by atoms with E-state index in [9.17, 15) is 4.79 Å². The van der Waals surface area contributed by atoms with E-state index in [0.29, 0.717) is 5.41 Å². The number of thiazole rings is 1. The molecule has 4 nitrogen and oxygen atoms in total. The van der Waals surface area contributed by atoms with Crippen molar-refractivity contribution < 1.29 is 4.79 Å². The monoisotopic (exact) mass is 355 g/mol. The lowest BCUT2D eigenvalue weighted by Crippen LogP contribution is -2.42. The van der Waals surface area contributed by atoms with Crippen molar-refractivity contribution >= 4 is 17.2 Å². The summed E-state index contributed by atoms with van der Waals surface area (Å²) < 4.78 is 0. The van der Waals surface area contributed by atoms with Crippen LogP contribution in [-0.4, -0.2) is 35.4 Å². The number of hydrogen-bond acceptors (Lipinski definition) is 4. The van der Waals surface area contributed by atoms with Crippen LogP contribution in [0.3, 0.4) is 0 Å². The van der Waals surface area contributed by atoms with Gasteiger partial charge in [-0.1, -0.05) is 24.3 Å². The minimum atomic E-state index is 0.0215. The first-order valence-corrected chi connectivity index (χ1v) is 9.86. The molecule has 2 heterocycles. The molecule has 1 saturated heterocycles. The van der Waals surface area contributed by atoms with Gasteiger partial charge in [0.1, 0.15) is 0 Å². The SMILES string of the molecule is Cc1ncsc1-c1ccc([C@H](C)NC(=O)[C@@H]2CC3(CC3)CN2C)cc1. The van der Waals surface area contributed by atoms with Crippen molar-refractivity contribution in [3.8, 4) is 10.4 Å². The maximum absolute atomic E-state index is 12.7. The molecule has 1 saturated carbocycles. The molecule has 1 N–H and O–H groups in total. The number of likely N-dealkylation sites (tertiary alicyclic amines) is 1. The molecule has 2 fully saturated rings. The van der Waals surface area contributed by atoms with E-state index in [2.05, 4.69) is 53.4 Å². The Balaban J connectivity index is 1.42. The highest BCUT2D eigenvalue weighted by atomic mass is 32.1. The Hall–Kier alpha value is -1.72. The average molecular weight is 356 g/mol. The number of aromatic nitrogens is 1. The molecule has 0 unspecified atom stereocenters. The minimum absolute atomic E-state index is 0.0215. The number of benzene rings is 1. The molecule has 5 heteroatoms. The zero-order valence-electron chi connectivity index (χ0n) is 15.1. The third-order valence-corrected chi connectivity index (χ3v) is 6.76. The van der Waals surface area contributed by atoms with Crippen LogP contribution in [-0.2, 0) is 4.79 Å². The molecule has 1 aromatic carbocycles. The smallest absolute Gasteiger partial charge is 0.237 e. The fourth-order valence-electron chi connectivity index (χ4n) is 4.00. The van der Waals surface area contributed by atoms with E-state index in [1.165, 1.54) is 23.3 Å². The van der Waals surface area contributed by atoms with Crippen LogP contribution in [0.25, 0.3) is 10.4 Å². The Morgan fingerprint density at radius 2 is 2.08 bits per heavy atom. The predicted octanol–water partition coefficient (Wildman–Crippen LogP) is 3.78. The van der Waals surface area contributed by atoms with Gasteiger partial charge in [-0.3, -0.25) is 9.69 Å². The highest BCUT2D eigenvalue weighted by Crippen LogP contribution is 2.54. The molecule has 1 amide bonds.